The van der Waals surface area contributed by atoms with Gasteiger partial charge in [-0.1, -0.05) is 0 Å². The van der Waals surface area contributed by atoms with E-state index < -0.39 is 0 Å². The number of hydrogen-bond donors (Lipinski definition) is 1. The van der Waals surface area contributed by atoms with Gasteiger partial charge in [-0.2, -0.15) is 0 Å². The van der Waals surface area contributed by atoms with Crippen LogP contribution < -0.4 is 10.1 Å². The Bertz CT molecular complexity index is 315. The average molecular weight is 191 g/mol. The van der Waals surface area contributed by atoms with Crippen LogP contribution in [0.2, 0.25) is 0 Å². The number of terminal acetylenes is 1. The molecule has 0 aliphatic heterocycles. The fraction of sp³-hybridized carbons (Fsp3) is 0.400. The molecule has 0 aliphatic rings. The fourth-order valence-corrected chi connectivity index (χ4v) is 0.944. The van der Waals surface area contributed by atoms with Crippen molar-refractivity contribution in [2.45, 2.75) is 19.4 Å². The molecule has 0 fully saturated rings. The summed E-state index contributed by atoms with van der Waals surface area (Å²) < 4.78 is 4.94. The molecule has 0 amide bonds. The van der Waals surface area contributed by atoms with E-state index in [1.54, 1.807) is 19.5 Å². The van der Waals surface area contributed by atoms with Crippen molar-refractivity contribution in [2.75, 3.05) is 12.4 Å². The Morgan fingerprint density at radius 3 is 2.71 bits per heavy atom. The van der Waals surface area contributed by atoms with Gasteiger partial charge in [0.2, 0.25) is 5.95 Å². The number of hydrogen-bond acceptors (Lipinski definition) is 4. The summed E-state index contributed by atoms with van der Waals surface area (Å²) in [5, 5.41) is 3.07. The molecule has 74 valence electrons. The molecule has 0 aliphatic carbocycles. The van der Waals surface area contributed by atoms with Gasteiger partial charge in [-0.25, -0.2) is 9.97 Å². The second-order valence-electron chi connectivity index (χ2n) is 2.90. The van der Waals surface area contributed by atoms with Crippen LogP contribution in [0.25, 0.3) is 0 Å². The molecule has 1 heterocycles. The van der Waals surface area contributed by atoms with Crippen LogP contribution in [-0.2, 0) is 0 Å². The highest BCUT2D eigenvalue weighted by atomic mass is 16.5. The molecule has 0 saturated carbocycles. The van der Waals surface area contributed by atoms with Crippen molar-refractivity contribution in [3.05, 3.63) is 12.4 Å². The third-order valence-corrected chi connectivity index (χ3v) is 1.66. The number of methoxy groups -OCH3 is 1. The maximum absolute atomic E-state index is 5.18. The molecule has 0 bridgehead atoms. The third-order valence-electron chi connectivity index (χ3n) is 1.66. The molecule has 4 nitrogen and oxygen atoms in total. The van der Waals surface area contributed by atoms with Gasteiger partial charge in [-0.3, -0.25) is 0 Å². The lowest BCUT2D eigenvalue weighted by atomic mass is 10.2. The van der Waals surface area contributed by atoms with Gasteiger partial charge in [0.05, 0.1) is 19.5 Å². The molecule has 1 atom stereocenters. The first kappa shape index (κ1) is 10.3. The number of nitrogens with one attached hydrogen (secondary N) is 1. The summed E-state index contributed by atoms with van der Waals surface area (Å²) in [6.07, 6.45) is 9.04. The van der Waals surface area contributed by atoms with Crippen LogP contribution in [0, 0.1) is 12.3 Å². The number of nitrogens with zero attached hydrogens (tertiary/aromatic N) is 2. The van der Waals surface area contributed by atoms with Gasteiger partial charge in [-0.05, 0) is 6.92 Å². The minimum absolute atomic E-state index is 0.174. The van der Waals surface area contributed by atoms with E-state index in [1.807, 2.05) is 6.92 Å². The lowest BCUT2D eigenvalue weighted by molar-refractivity contribution is 0.411. The summed E-state index contributed by atoms with van der Waals surface area (Å²) >= 11 is 0. The van der Waals surface area contributed by atoms with Crippen LogP contribution in [-0.4, -0.2) is 23.1 Å². The average Bonchev–Trinajstić information content (AvgIpc) is 2.19. The van der Waals surface area contributed by atoms with E-state index in [-0.39, 0.29) is 6.04 Å². The number of aromatic nitrogens is 2. The molecule has 1 aromatic heterocycles. The Morgan fingerprint density at radius 1 is 1.57 bits per heavy atom. The molecule has 4 heteroatoms. The molecule has 0 aromatic carbocycles. The van der Waals surface area contributed by atoms with Gasteiger partial charge >= 0.3 is 0 Å². The fourth-order valence-electron chi connectivity index (χ4n) is 0.944. The highest BCUT2D eigenvalue weighted by Gasteiger charge is 2.01. The van der Waals surface area contributed by atoms with Gasteiger partial charge < -0.3 is 10.1 Å². The standard InChI is InChI=1S/C10H13N3O/c1-4-5-8(2)13-10-11-6-9(14-3)7-12-10/h1,6-8H,5H2,2-3H3,(H,11,12,13). The summed E-state index contributed by atoms with van der Waals surface area (Å²) in [4.78, 5) is 8.11. The van der Waals surface area contributed by atoms with E-state index in [2.05, 4.69) is 21.2 Å². The Hall–Kier alpha value is -1.76. The minimum Gasteiger partial charge on any atom is -0.494 e. The van der Waals surface area contributed by atoms with Crippen LogP contribution in [0.3, 0.4) is 0 Å². The maximum atomic E-state index is 5.18. The SMILES string of the molecule is C#CCC(C)Nc1ncc(OC)cn1. The molecule has 0 radical (unpaired) electrons. The zero-order chi connectivity index (χ0) is 10.4. The summed E-state index contributed by atoms with van der Waals surface area (Å²) in [7, 11) is 1.58. The zero-order valence-electron chi connectivity index (χ0n) is 8.32. The van der Waals surface area contributed by atoms with E-state index in [1.165, 1.54) is 0 Å². The Kier molecular flexibility index (Phi) is 3.74. The minimum atomic E-state index is 0.174. The first-order valence-electron chi connectivity index (χ1n) is 4.32. The number of rotatable bonds is 4. The van der Waals surface area contributed by atoms with E-state index in [9.17, 15) is 0 Å². The van der Waals surface area contributed by atoms with Crippen LogP contribution in [0.15, 0.2) is 12.4 Å². The van der Waals surface area contributed by atoms with E-state index in [0.29, 0.717) is 18.1 Å². The van der Waals surface area contributed by atoms with Crippen molar-refractivity contribution < 1.29 is 4.74 Å². The largest absolute Gasteiger partial charge is 0.494 e. The monoisotopic (exact) mass is 191 g/mol. The predicted molar refractivity (Wildman–Crippen MR) is 55.1 cm³/mol. The maximum Gasteiger partial charge on any atom is 0.223 e. The normalized spacial score (nSPS) is 11.5. The highest BCUT2D eigenvalue weighted by Crippen LogP contribution is 2.08. The number of anilines is 1. The topological polar surface area (TPSA) is 47.0 Å². The van der Waals surface area contributed by atoms with Crippen molar-refractivity contribution in [3.8, 4) is 18.1 Å². The summed E-state index contributed by atoms with van der Waals surface area (Å²) in [5.74, 6) is 3.77. The van der Waals surface area contributed by atoms with E-state index in [0.717, 1.165) is 0 Å². The first-order valence-corrected chi connectivity index (χ1v) is 4.32. The smallest absolute Gasteiger partial charge is 0.223 e. The third kappa shape index (κ3) is 2.94. The Balaban J connectivity index is 2.56. The molecule has 1 unspecified atom stereocenters. The van der Waals surface area contributed by atoms with Crippen molar-refractivity contribution >= 4 is 5.95 Å². The summed E-state index contributed by atoms with van der Waals surface area (Å²) in [5.41, 5.74) is 0. The number of ether oxygens (including phenoxy) is 1. The molecule has 1 aromatic rings. The van der Waals surface area contributed by atoms with Gasteiger partial charge in [0, 0.05) is 12.5 Å². The van der Waals surface area contributed by atoms with E-state index >= 15 is 0 Å². The predicted octanol–water partition coefficient (Wildman–Crippen LogP) is 1.31. The van der Waals surface area contributed by atoms with Gasteiger partial charge in [0.25, 0.3) is 0 Å². The highest BCUT2D eigenvalue weighted by molar-refractivity contribution is 5.28. The van der Waals surface area contributed by atoms with Gasteiger partial charge in [0.1, 0.15) is 0 Å². The molecule has 0 saturated heterocycles. The molecular weight excluding hydrogens is 178 g/mol. The molecule has 1 N–H and O–H groups in total. The van der Waals surface area contributed by atoms with Crippen molar-refractivity contribution in [2.24, 2.45) is 0 Å². The van der Waals surface area contributed by atoms with E-state index in [4.69, 9.17) is 11.2 Å². The van der Waals surface area contributed by atoms with Crippen LogP contribution in [0.4, 0.5) is 5.95 Å². The summed E-state index contributed by atoms with van der Waals surface area (Å²) in [6, 6.07) is 0.174. The van der Waals surface area contributed by atoms with Gasteiger partial charge in [0.15, 0.2) is 5.75 Å². The second-order valence-corrected chi connectivity index (χ2v) is 2.90. The van der Waals surface area contributed by atoms with Gasteiger partial charge in [-0.15, -0.1) is 12.3 Å². The summed E-state index contributed by atoms with van der Waals surface area (Å²) in [6.45, 7) is 1.98. The van der Waals surface area contributed by atoms with Crippen LogP contribution in [0.5, 0.6) is 5.75 Å². The van der Waals surface area contributed by atoms with Crippen molar-refractivity contribution in [1.29, 1.82) is 0 Å². The van der Waals surface area contributed by atoms with Crippen LogP contribution in [0.1, 0.15) is 13.3 Å². The Labute approximate surface area is 83.7 Å². The quantitative estimate of drug-likeness (QED) is 0.729. The molecule has 14 heavy (non-hydrogen) atoms. The molecule has 0 spiro atoms. The zero-order valence-corrected chi connectivity index (χ0v) is 8.32. The lowest BCUT2D eigenvalue weighted by Gasteiger charge is -2.10. The Morgan fingerprint density at radius 2 is 2.21 bits per heavy atom. The van der Waals surface area contributed by atoms with Crippen molar-refractivity contribution in [3.63, 3.8) is 0 Å². The van der Waals surface area contributed by atoms with Crippen molar-refractivity contribution in [1.82, 2.24) is 9.97 Å². The molecule has 1 rings (SSSR count). The first-order chi connectivity index (χ1) is 6.76. The van der Waals surface area contributed by atoms with Crippen LogP contribution >= 0.6 is 0 Å². The lowest BCUT2D eigenvalue weighted by Crippen LogP contribution is -2.15. The molecular formula is C10H13N3O. The second kappa shape index (κ2) is 5.07.